The smallest absolute Gasteiger partial charge is 0.204 e. The molecule has 0 saturated carbocycles. The molecule has 1 heterocycles. The number of aliphatic hydroxyl groups is 1. The number of nitrogens with zero attached hydrogens (tertiary/aromatic N) is 3. The van der Waals surface area contributed by atoms with E-state index in [1.165, 1.54) is 0 Å². The standard InChI is InChI=1S/C10H19N3O3/c1-3-15-10(16-4-2)9-8-13(12-11-9)6-5-7-14/h8,10,14H,3-7H2,1-2H3. The maximum Gasteiger partial charge on any atom is 0.204 e. The van der Waals surface area contributed by atoms with Gasteiger partial charge in [-0.1, -0.05) is 5.21 Å². The van der Waals surface area contributed by atoms with Gasteiger partial charge in [0.15, 0.2) is 0 Å². The van der Waals surface area contributed by atoms with Crippen molar-refractivity contribution in [2.45, 2.75) is 33.1 Å². The fourth-order valence-electron chi connectivity index (χ4n) is 1.29. The van der Waals surface area contributed by atoms with Crippen LogP contribution in [0.5, 0.6) is 0 Å². The zero-order valence-corrected chi connectivity index (χ0v) is 9.80. The number of hydrogen-bond donors (Lipinski definition) is 1. The van der Waals surface area contributed by atoms with Crippen molar-refractivity contribution in [2.75, 3.05) is 19.8 Å². The van der Waals surface area contributed by atoms with Crippen molar-refractivity contribution < 1.29 is 14.6 Å². The Bertz CT molecular complexity index is 285. The molecule has 1 aromatic heterocycles. The molecule has 6 heteroatoms. The molecule has 6 nitrogen and oxygen atoms in total. The van der Waals surface area contributed by atoms with Crippen molar-refractivity contribution in [2.24, 2.45) is 0 Å². The predicted octanol–water partition coefficient (Wildman–Crippen LogP) is 0.732. The monoisotopic (exact) mass is 229 g/mol. The fourth-order valence-corrected chi connectivity index (χ4v) is 1.29. The highest BCUT2D eigenvalue weighted by molar-refractivity contribution is 4.94. The van der Waals surface area contributed by atoms with Crippen molar-refractivity contribution in [1.82, 2.24) is 15.0 Å². The van der Waals surface area contributed by atoms with Gasteiger partial charge in [0.2, 0.25) is 6.29 Å². The lowest BCUT2D eigenvalue weighted by atomic mass is 10.4. The topological polar surface area (TPSA) is 69.4 Å². The van der Waals surface area contributed by atoms with Crippen LogP contribution >= 0.6 is 0 Å². The number of ether oxygens (including phenoxy) is 2. The molecule has 0 bridgehead atoms. The van der Waals surface area contributed by atoms with Crippen LogP contribution in [-0.4, -0.2) is 39.9 Å². The highest BCUT2D eigenvalue weighted by Crippen LogP contribution is 2.15. The third kappa shape index (κ3) is 3.88. The van der Waals surface area contributed by atoms with Crippen molar-refractivity contribution in [3.8, 4) is 0 Å². The first kappa shape index (κ1) is 13.1. The van der Waals surface area contributed by atoms with E-state index in [0.717, 1.165) is 0 Å². The molecule has 0 atom stereocenters. The Labute approximate surface area is 95.2 Å². The summed E-state index contributed by atoms with van der Waals surface area (Å²) in [5.41, 5.74) is 0.668. The van der Waals surface area contributed by atoms with E-state index in [1.54, 1.807) is 10.9 Å². The average molecular weight is 229 g/mol. The maximum atomic E-state index is 8.70. The van der Waals surface area contributed by atoms with Gasteiger partial charge in [0.25, 0.3) is 0 Å². The normalized spacial score (nSPS) is 11.2. The van der Waals surface area contributed by atoms with Crippen molar-refractivity contribution >= 4 is 0 Å². The minimum atomic E-state index is -0.446. The first-order valence-corrected chi connectivity index (χ1v) is 5.55. The number of hydrogen-bond acceptors (Lipinski definition) is 5. The molecule has 0 aromatic carbocycles. The third-order valence-corrected chi connectivity index (χ3v) is 1.98. The second-order valence-electron chi connectivity index (χ2n) is 3.23. The molecule has 0 radical (unpaired) electrons. The van der Waals surface area contributed by atoms with E-state index in [4.69, 9.17) is 14.6 Å². The summed E-state index contributed by atoms with van der Waals surface area (Å²) in [6.45, 7) is 5.73. The number of aromatic nitrogens is 3. The minimum absolute atomic E-state index is 0.148. The summed E-state index contributed by atoms with van der Waals surface area (Å²) in [4.78, 5) is 0. The molecule has 0 unspecified atom stereocenters. The summed E-state index contributed by atoms with van der Waals surface area (Å²) in [6.07, 6.45) is 2.00. The van der Waals surface area contributed by atoms with Crippen LogP contribution in [0.2, 0.25) is 0 Å². The van der Waals surface area contributed by atoms with Gasteiger partial charge in [-0.2, -0.15) is 0 Å². The van der Waals surface area contributed by atoms with Gasteiger partial charge < -0.3 is 14.6 Å². The Kier molecular flexibility index (Phi) is 5.99. The summed E-state index contributed by atoms with van der Waals surface area (Å²) in [5, 5.41) is 16.6. The third-order valence-electron chi connectivity index (χ3n) is 1.98. The van der Waals surface area contributed by atoms with E-state index in [2.05, 4.69) is 10.3 Å². The molecule has 0 aliphatic carbocycles. The van der Waals surface area contributed by atoms with Gasteiger partial charge in [0.05, 0.1) is 6.20 Å². The molecule has 0 aliphatic rings. The van der Waals surface area contributed by atoms with E-state index in [-0.39, 0.29) is 6.61 Å². The van der Waals surface area contributed by atoms with Crippen molar-refractivity contribution in [3.63, 3.8) is 0 Å². The molecule has 92 valence electrons. The molecule has 0 spiro atoms. The van der Waals surface area contributed by atoms with Crippen LogP contribution < -0.4 is 0 Å². The van der Waals surface area contributed by atoms with Gasteiger partial charge in [-0.3, -0.25) is 4.68 Å². The second kappa shape index (κ2) is 7.32. The van der Waals surface area contributed by atoms with E-state index >= 15 is 0 Å². The van der Waals surface area contributed by atoms with Crippen LogP contribution in [0.15, 0.2) is 6.20 Å². The Morgan fingerprint density at radius 3 is 2.62 bits per heavy atom. The first-order valence-electron chi connectivity index (χ1n) is 5.55. The van der Waals surface area contributed by atoms with Gasteiger partial charge in [-0.15, -0.1) is 5.10 Å². The lowest BCUT2D eigenvalue weighted by molar-refractivity contribution is -0.142. The second-order valence-corrected chi connectivity index (χ2v) is 3.23. The van der Waals surface area contributed by atoms with Crippen molar-refractivity contribution in [3.05, 3.63) is 11.9 Å². The molecule has 1 aromatic rings. The van der Waals surface area contributed by atoms with E-state index in [0.29, 0.717) is 31.9 Å². The predicted molar refractivity (Wildman–Crippen MR) is 57.7 cm³/mol. The van der Waals surface area contributed by atoms with Crippen LogP contribution in [0.3, 0.4) is 0 Å². The van der Waals surface area contributed by atoms with Gasteiger partial charge in [-0.25, -0.2) is 0 Å². The first-order chi connectivity index (χ1) is 7.81. The van der Waals surface area contributed by atoms with Crippen LogP contribution in [0.1, 0.15) is 32.3 Å². The van der Waals surface area contributed by atoms with E-state index < -0.39 is 6.29 Å². The van der Waals surface area contributed by atoms with Crippen LogP contribution in [0.25, 0.3) is 0 Å². The number of rotatable bonds is 8. The SMILES string of the molecule is CCOC(OCC)c1cn(CCCO)nn1. The molecule has 0 fully saturated rings. The molecule has 0 amide bonds. The van der Waals surface area contributed by atoms with Gasteiger partial charge >= 0.3 is 0 Å². The van der Waals surface area contributed by atoms with Gasteiger partial charge in [0, 0.05) is 26.4 Å². The fraction of sp³-hybridized carbons (Fsp3) is 0.800. The number of aryl methyl sites for hydroxylation is 1. The summed E-state index contributed by atoms with van der Waals surface area (Å²) < 4.78 is 12.5. The Morgan fingerprint density at radius 1 is 1.38 bits per heavy atom. The highest BCUT2D eigenvalue weighted by Gasteiger charge is 2.15. The van der Waals surface area contributed by atoms with E-state index in [9.17, 15) is 0 Å². The summed E-state index contributed by atoms with van der Waals surface area (Å²) in [5.74, 6) is 0. The molecule has 0 saturated heterocycles. The number of aliphatic hydroxyl groups excluding tert-OH is 1. The summed E-state index contributed by atoms with van der Waals surface area (Å²) in [7, 11) is 0. The summed E-state index contributed by atoms with van der Waals surface area (Å²) in [6, 6.07) is 0. The van der Waals surface area contributed by atoms with Crippen LogP contribution in [0.4, 0.5) is 0 Å². The Morgan fingerprint density at radius 2 is 2.06 bits per heavy atom. The quantitative estimate of drug-likeness (QED) is 0.665. The van der Waals surface area contributed by atoms with Crippen LogP contribution in [-0.2, 0) is 16.0 Å². The van der Waals surface area contributed by atoms with E-state index in [1.807, 2.05) is 13.8 Å². The Balaban J connectivity index is 2.58. The van der Waals surface area contributed by atoms with Crippen LogP contribution in [0, 0.1) is 0 Å². The maximum absolute atomic E-state index is 8.70. The lowest BCUT2D eigenvalue weighted by Crippen LogP contribution is -2.09. The highest BCUT2D eigenvalue weighted by atomic mass is 16.7. The molecule has 1 rings (SSSR count). The Hall–Kier alpha value is -0.980. The summed E-state index contributed by atoms with van der Waals surface area (Å²) >= 11 is 0. The van der Waals surface area contributed by atoms with Crippen molar-refractivity contribution in [1.29, 1.82) is 0 Å². The van der Waals surface area contributed by atoms with Gasteiger partial charge in [-0.05, 0) is 20.3 Å². The molecular formula is C10H19N3O3. The van der Waals surface area contributed by atoms with Gasteiger partial charge in [0.1, 0.15) is 5.69 Å². The molecule has 0 aliphatic heterocycles. The minimum Gasteiger partial charge on any atom is -0.396 e. The molecule has 16 heavy (non-hydrogen) atoms. The average Bonchev–Trinajstić information content (AvgIpc) is 2.74. The molecular weight excluding hydrogens is 210 g/mol. The largest absolute Gasteiger partial charge is 0.396 e. The molecule has 1 N–H and O–H groups in total. The zero-order valence-electron chi connectivity index (χ0n) is 9.80. The lowest BCUT2D eigenvalue weighted by Gasteiger charge is -2.13. The zero-order chi connectivity index (χ0) is 11.8.